The van der Waals surface area contributed by atoms with Crippen LogP contribution in [0.25, 0.3) is 0 Å². The molecule has 0 saturated carbocycles. The van der Waals surface area contributed by atoms with Crippen molar-refractivity contribution in [1.29, 1.82) is 0 Å². The first-order valence-electron chi connectivity index (χ1n) is 6.89. The Morgan fingerprint density at radius 3 is 2.48 bits per heavy atom. The van der Waals surface area contributed by atoms with E-state index in [-0.39, 0.29) is 6.10 Å². The molecule has 0 spiro atoms. The molecule has 2 rings (SSSR count). The molecule has 4 nitrogen and oxygen atoms in total. The molecule has 2 heterocycles. The van der Waals surface area contributed by atoms with Crippen molar-refractivity contribution >= 4 is 5.82 Å². The Bertz CT molecular complexity index is 429. The van der Waals surface area contributed by atoms with Crippen LogP contribution in [-0.2, 0) is 15.7 Å². The number of anilines is 1. The first-order valence-corrected chi connectivity index (χ1v) is 6.89. The summed E-state index contributed by atoms with van der Waals surface area (Å²) in [5.41, 5.74) is -0.718. The molecule has 0 bridgehead atoms. The zero-order valence-corrected chi connectivity index (χ0v) is 11.9. The lowest BCUT2D eigenvalue weighted by Crippen LogP contribution is -2.37. The van der Waals surface area contributed by atoms with Crippen molar-refractivity contribution in [3.63, 3.8) is 0 Å². The van der Waals surface area contributed by atoms with Gasteiger partial charge in [0, 0.05) is 26.4 Å². The predicted molar refractivity (Wildman–Crippen MR) is 72.3 cm³/mol. The highest BCUT2D eigenvalue weighted by Crippen LogP contribution is 2.29. The highest BCUT2D eigenvalue weighted by Gasteiger charge is 2.31. The summed E-state index contributed by atoms with van der Waals surface area (Å²) in [6, 6.07) is 2.50. The predicted octanol–water partition coefficient (Wildman–Crippen LogP) is 2.73. The molecule has 0 amide bonds. The summed E-state index contributed by atoms with van der Waals surface area (Å²) in [4.78, 5) is 5.90. The Labute approximate surface area is 121 Å². The smallest absolute Gasteiger partial charge is 0.382 e. The SMILES string of the molecule is COCCOC1CCN(c2ccc(C(F)(F)F)cn2)CC1. The number of nitrogens with zero attached hydrogens (tertiary/aromatic N) is 2. The second-order valence-electron chi connectivity index (χ2n) is 4.95. The van der Waals surface area contributed by atoms with Gasteiger partial charge in [0.25, 0.3) is 0 Å². The number of pyridine rings is 1. The molecule has 0 N–H and O–H groups in total. The molecule has 118 valence electrons. The van der Waals surface area contributed by atoms with E-state index in [4.69, 9.17) is 9.47 Å². The van der Waals surface area contributed by atoms with E-state index in [9.17, 15) is 13.2 Å². The number of hydrogen-bond acceptors (Lipinski definition) is 4. The maximum atomic E-state index is 12.5. The van der Waals surface area contributed by atoms with Gasteiger partial charge in [-0.3, -0.25) is 0 Å². The Morgan fingerprint density at radius 1 is 1.24 bits per heavy atom. The standard InChI is InChI=1S/C14H19F3N2O2/c1-20-8-9-21-12-4-6-19(7-5-12)13-3-2-11(10-18-13)14(15,16)17/h2-3,10,12H,4-9H2,1H3. The number of hydrogen-bond donors (Lipinski definition) is 0. The van der Waals surface area contributed by atoms with Crippen LogP contribution in [0.2, 0.25) is 0 Å². The molecule has 1 fully saturated rings. The molecule has 0 aliphatic carbocycles. The fourth-order valence-electron chi connectivity index (χ4n) is 2.29. The highest BCUT2D eigenvalue weighted by atomic mass is 19.4. The number of halogens is 3. The zero-order chi connectivity index (χ0) is 15.3. The van der Waals surface area contributed by atoms with E-state index in [1.165, 1.54) is 6.07 Å². The van der Waals surface area contributed by atoms with Gasteiger partial charge in [0.05, 0.1) is 24.9 Å². The monoisotopic (exact) mass is 304 g/mol. The third kappa shape index (κ3) is 4.57. The lowest BCUT2D eigenvalue weighted by molar-refractivity contribution is -0.137. The van der Waals surface area contributed by atoms with E-state index in [1.807, 2.05) is 4.90 Å². The first kappa shape index (κ1) is 16.0. The summed E-state index contributed by atoms with van der Waals surface area (Å²) in [6.07, 6.45) is -1.59. The highest BCUT2D eigenvalue weighted by molar-refractivity contribution is 5.40. The van der Waals surface area contributed by atoms with E-state index in [0.717, 1.165) is 38.2 Å². The molecule has 1 aliphatic heterocycles. The molecule has 1 aliphatic rings. The van der Waals surface area contributed by atoms with Gasteiger partial charge in [-0.2, -0.15) is 13.2 Å². The Morgan fingerprint density at radius 2 is 1.95 bits per heavy atom. The molecule has 0 radical (unpaired) electrons. The quantitative estimate of drug-likeness (QED) is 0.784. The van der Waals surface area contributed by atoms with E-state index in [1.54, 1.807) is 7.11 Å². The summed E-state index contributed by atoms with van der Waals surface area (Å²) < 4.78 is 48.0. The summed E-state index contributed by atoms with van der Waals surface area (Å²) in [7, 11) is 1.63. The average Bonchev–Trinajstić information content (AvgIpc) is 2.48. The lowest BCUT2D eigenvalue weighted by Gasteiger charge is -2.32. The van der Waals surface area contributed by atoms with Crippen LogP contribution in [0.15, 0.2) is 18.3 Å². The number of rotatable bonds is 5. The van der Waals surface area contributed by atoms with Crippen molar-refractivity contribution in [2.75, 3.05) is 38.3 Å². The topological polar surface area (TPSA) is 34.6 Å². The van der Waals surface area contributed by atoms with Crippen LogP contribution < -0.4 is 4.90 Å². The van der Waals surface area contributed by atoms with Crippen LogP contribution in [0.5, 0.6) is 0 Å². The van der Waals surface area contributed by atoms with Gasteiger partial charge in [-0.05, 0) is 25.0 Å². The fourth-order valence-corrected chi connectivity index (χ4v) is 2.29. The van der Waals surface area contributed by atoms with E-state index in [0.29, 0.717) is 19.0 Å². The number of aromatic nitrogens is 1. The summed E-state index contributed by atoms with van der Waals surface area (Å²) in [6.45, 7) is 2.60. The molecular formula is C14H19F3N2O2. The third-order valence-corrected chi connectivity index (χ3v) is 3.48. The number of ether oxygens (including phenoxy) is 2. The van der Waals surface area contributed by atoms with Crippen molar-refractivity contribution in [2.45, 2.75) is 25.1 Å². The normalized spacial score (nSPS) is 17.2. The molecule has 0 unspecified atom stereocenters. The number of piperidine rings is 1. The molecular weight excluding hydrogens is 285 g/mol. The minimum Gasteiger partial charge on any atom is -0.382 e. The van der Waals surface area contributed by atoms with Gasteiger partial charge in [0.15, 0.2) is 0 Å². The minimum absolute atomic E-state index is 0.186. The van der Waals surface area contributed by atoms with Gasteiger partial charge in [0.1, 0.15) is 5.82 Å². The van der Waals surface area contributed by atoms with Crippen LogP contribution in [0.1, 0.15) is 18.4 Å². The minimum atomic E-state index is -4.34. The Hall–Kier alpha value is -1.34. The van der Waals surface area contributed by atoms with Crippen molar-refractivity contribution < 1.29 is 22.6 Å². The molecule has 1 aromatic heterocycles. The molecule has 0 aromatic carbocycles. The second-order valence-corrected chi connectivity index (χ2v) is 4.95. The van der Waals surface area contributed by atoms with Crippen LogP contribution in [0.4, 0.5) is 19.0 Å². The molecule has 0 atom stereocenters. The fraction of sp³-hybridized carbons (Fsp3) is 0.643. The van der Waals surface area contributed by atoms with Crippen molar-refractivity contribution in [3.8, 4) is 0 Å². The summed E-state index contributed by atoms with van der Waals surface area (Å²) >= 11 is 0. The van der Waals surface area contributed by atoms with E-state index < -0.39 is 11.7 Å². The van der Waals surface area contributed by atoms with Crippen LogP contribution in [-0.4, -0.2) is 44.5 Å². The molecule has 21 heavy (non-hydrogen) atoms. The molecule has 1 aromatic rings. The van der Waals surface area contributed by atoms with Crippen LogP contribution >= 0.6 is 0 Å². The maximum absolute atomic E-state index is 12.5. The molecule has 1 saturated heterocycles. The van der Waals surface area contributed by atoms with E-state index >= 15 is 0 Å². The Balaban J connectivity index is 1.85. The average molecular weight is 304 g/mol. The van der Waals surface area contributed by atoms with Crippen LogP contribution in [0, 0.1) is 0 Å². The van der Waals surface area contributed by atoms with Gasteiger partial charge in [-0.1, -0.05) is 0 Å². The third-order valence-electron chi connectivity index (χ3n) is 3.48. The van der Waals surface area contributed by atoms with Crippen LogP contribution in [0.3, 0.4) is 0 Å². The Kier molecular flexibility index (Phi) is 5.41. The number of methoxy groups -OCH3 is 1. The van der Waals surface area contributed by atoms with Crippen molar-refractivity contribution in [1.82, 2.24) is 4.98 Å². The first-order chi connectivity index (χ1) is 10.0. The zero-order valence-electron chi connectivity index (χ0n) is 11.9. The molecule has 7 heteroatoms. The summed E-state index contributed by atoms with van der Waals surface area (Å²) in [5, 5.41) is 0. The maximum Gasteiger partial charge on any atom is 0.417 e. The van der Waals surface area contributed by atoms with Gasteiger partial charge in [-0.15, -0.1) is 0 Å². The van der Waals surface area contributed by atoms with Gasteiger partial charge >= 0.3 is 6.18 Å². The van der Waals surface area contributed by atoms with Gasteiger partial charge in [-0.25, -0.2) is 4.98 Å². The van der Waals surface area contributed by atoms with Gasteiger partial charge in [0.2, 0.25) is 0 Å². The summed E-state index contributed by atoms with van der Waals surface area (Å²) in [5.74, 6) is 0.582. The lowest BCUT2D eigenvalue weighted by atomic mass is 10.1. The van der Waals surface area contributed by atoms with E-state index in [2.05, 4.69) is 4.98 Å². The largest absolute Gasteiger partial charge is 0.417 e. The second kappa shape index (κ2) is 7.09. The van der Waals surface area contributed by atoms with Crippen molar-refractivity contribution in [3.05, 3.63) is 23.9 Å². The van der Waals surface area contributed by atoms with Crippen molar-refractivity contribution in [2.24, 2.45) is 0 Å². The van der Waals surface area contributed by atoms with Gasteiger partial charge < -0.3 is 14.4 Å². The number of alkyl halides is 3.